The average Bonchev–Trinajstić information content (AvgIpc) is 2.72. The smallest absolute Gasteiger partial charge is 0.194 e. The Morgan fingerprint density at radius 1 is 1.29 bits per heavy atom. The molecule has 6 heteroatoms. The first-order valence-electron chi connectivity index (χ1n) is 4.91. The van der Waals surface area contributed by atoms with Crippen molar-refractivity contribution in [3.05, 3.63) is 5.82 Å². The zero-order chi connectivity index (χ0) is 10.0. The van der Waals surface area contributed by atoms with Crippen molar-refractivity contribution < 1.29 is 0 Å². The average molecular weight is 196 g/mol. The van der Waals surface area contributed by atoms with Crippen molar-refractivity contribution in [3.63, 3.8) is 0 Å². The van der Waals surface area contributed by atoms with Crippen LogP contribution >= 0.6 is 0 Å². The monoisotopic (exact) mass is 196 g/mol. The van der Waals surface area contributed by atoms with Crippen molar-refractivity contribution in [2.75, 3.05) is 26.2 Å². The van der Waals surface area contributed by atoms with Crippen LogP contribution in [0.25, 0.3) is 0 Å². The van der Waals surface area contributed by atoms with Gasteiger partial charge in [0.2, 0.25) is 0 Å². The second kappa shape index (κ2) is 3.62. The normalized spacial score (nSPS) is 19.9. The molecule has 2 N–H and O–H groups in total. The van der Waals surface area contributed by atoms with Crippen LogP contribution in [-0.4, -0.2) is 51.7 Å². The van der Waals surface area contributed by atoms with Gasteiger partial charge in [0.1, 0.15) is 0 Å². The number of rotatable bonds is 2. The number of H-pyrrole nitrogens is 1. The van der Waals surface area contributed by atoms with Crippen LogP contribution in [0.5, 0.6) is 0 Å². The first-order valence-corrected chi connectivity index (χ1v) is 4.91. The number of hydrogen-bond donors (Lipinski definition) is 2. The summed E-state index contributed by atoms with van der Waals surface area (Å²) in [7, 11) is 0. The summed E-state index contributed by atoms with van der Waals surface area (Å²) in [6.07, 6.45) is 0. The van der Waals surface area contributed by atoms with E-state index in [1.54, 1.807) is 0 Å². The number of tetrazole rings is 1. The highest BCUT2D eigenvalue weighted by Crippen LogP contribution is 2.23. The fourth-order valence-electron chi connectivity index (χ4n) is 1.79. The Bertz CT molecular complexity index is 274. The van der Waals surface area contributed by atoms with Gasteiger partial charge in [0, 0.05) is 26.2 Å². The van der Waals surface area contributed by atoms with Crippen LogP contribution < -0.4 is 5.32 Å². The number of aromatic nitrogens is 4. The van der Waals surface area contributed by atoms with Crippen LogP contribution in [0.1, 0.15) is 19.7 Å². The molecule has 6 nitrogen and oxygen atoms in total. The van der Waals surface area contributed by atoms with E-state index < -0.39 is 0 Å². The van der Waals surface area contributed by atoms with E-state index in [0.29, 0.717) is 0 Å². The summed E-state index contributed by atoms with van der Waals surface area (Å²) in [4.78, 5) is 2.37. The predicted octanol–water partition coefficient (Wildman–Crippen LogP) is -0.660. The van der Waals surface area contributed by atoms with Gasteiger partial charge in [0.15, 0.2) is 5.82 Å². The first-order chi connectivity index (χ1) is 6.71. The SMILES string of the molecule is CC(C)(c1nn[nH]n1)N1CCNCC1. The summed E-state index contributed by atoms with van der Waals surface area (Å²) < 4.78 is 0. The number of nitrogens with one attached hydrogen (secondary N) is 2. The Morgan fingerprint density at radius 3 is 2.57 bits per heavy atom. The predicted molar refractivity (Wildman–Crippen MR) is 51.6 cm³/mol. The topological polar surface area (TPSA) is 69.7 Å². The number of piperazine rings is 1. The van der Waals surface area contributed by atoms with Crippen molar-refractivity contribution in [3.8, 4) is 0 Å². The lowest BCUT2D eigenvalue weighted by molar-refractivity contribution is 0.0948. The molecule has 0 saturated carbocycles. The Kier molecular flexibility index (Phi) is 2.47. The van der Waals surface area contributed by atoms with Gasteiger partial charge in [0.25, 0.3) is 0 Å². The third kappa shape index (κ3) is 1.62. The first kappa shape index (κ1) is 9.54. The van der Waals surface area contributed by atoms with E-state index in [1.807, 2.05) is 0 Å². The highest BCUT2D eigenvalue weighted by molar-refractivity contribution is 4.99. The van der Waals surface area contributed by atoms with E-state index in [1.165, 1.54) is 0 Å². The van der Waals surface area contributed by atoms with Crippen LogP contribution in [0.3, 0.4) is 0 Å². The molecule has 0 aromatic carbocycles. The molecule has 78 valence electrons. The molecule has 1 aliphatic heterocycles. The highest BCUT2D eigenvalue weighted by Gasteiger charge is 2.33. The van der Waals surface area contributed by atoms with Gasteiger partial charge in [-0.15, -0.1) is 10.2 Å². The van der Waals surface area contributed by atoms with E-state index in [-0.39, 0.29) is 5.54 Å². The minimum atomic E-state index is -0.130. The van der Waals surface area contributed by atoms with Gasteiger partial charge >= 0.3 is 0 Å². The molecule has 0 amide bonds. The molecule has 0 spiro atoms. The minimum Gasteiger partial charge on any atom is -0.314 e. The molecular formula is C8H16N6. The van der Waals surface area contributed by atoms with Gasteiger partial charge in [-0.1, -0.05) is 5.21 Å². The molecule has 1 aliphatic rings. The van der Waals surface area contributed by atoms with Crippen molar-refractivity contribution in [1.29, 1.82) is 0 Å². The maximum absolute atomic E-state index is 4.05. The standard InChI is InChI=1S/C8H16N6/c1-8(2,7-10-12-13-11-7)14-5-3-9-4-6-14/h9H,3-6H2,1-2H3,(H,10,11,12,13). The molecule has 0 atom stereocenters. The van der Waals surface area contributed by atoms with Gasteiger partial charge in [-0.3, -0.25) is 4.90 Å². The number of aromatic amines is 1. The Morgan fingerprint density at radius 2 is 2.00 bits per heavy atom. The lowest BCUT2D eigenvalue weighted by Gasteiger charge is -2.38. The van der Waals surface area contributed by atoms with E-state index in [9.17, 15) is 0 Å². The molecule has 1 aromatic rings. The van der Waals surface area contributed by atoms with E-state index >= 15 is 0 Å². The van der Waals surface area contributed by atoms with Crippen LogP contribution in [0.4, 0.5) is 0 Å². The van der Waals surface area contributed by atoms with Crippen molar-refractivity contribution >= 4 is 0 Å². The largest absolute Gasteiger partial charge is 0.314 e. The Labute approximate surface area is 83.1 Å². The van der Waals surface area contributed by atoms with Crippen molar-refractivity contribution in [1.82, 2.24) is 30.8 Å². The fourth-order valence-corrected chi connectivity index (χ4v) is 1.79. The molecule has 2 heterocycles. The fraction of sp³-hybridized carbons (Fsp3) is 0.875. The van der Waals surface area contributed by atoms with Gasteiger partial charge in [0.05, 0.1) is 5.54 Å². The lowest BCUT2D eigenvalue weighted by Crippen LogP contribution is -2.52. The third-order valence-corrected chi connectivity index (χ3v) is 2.80. The minimum absolute atomic E-state index is 0.130. The molecule has 0 radical (unpaired) electrons. The second-order valence-corrected chi connectivity index (χ2v) is 4.03. The molecule has 2 rings (SSSR count). The molecule has 1 saturated heterocycles. The second-order valence-electron chi connectivity index (χ2n) is 4.03. The lowest BCUT2D eigenvalue weighted by atomic mass is 10.0. The summed E-state index contributed by atoms with van der Waals surface area (Å²) in [5.41, 5.74) is -0.130. The van der Waals surface area contributed by atoms with Crippen LogP contribution in [-0.2, 0) is 5.54 Å². The van der Waals surface area contributed by atoms with Gasteiger partial charge in [-0.25, -0.2) is 0 Å². The zero-order valence-corrected chi connectivity index (χ0v) is 8.62. The third-order valence-electron chi connectivity index (χ3n) is 2.80. The van der Waals surface area contributed by atoms with Gasteiger partial charge < -0.3 is 5.32 Å². The summed E-state index contributed by atoms with van der Waals surface area (Å²) >= 11 is 0. The quantitative estimate of drug-likeness (QED) is 0.657. The molecule has 1 aromatic heterocycles. The molecule has 0 aliphatic carbocycles. The van der Waals surface area contributed by atoms with Gasteiger partial charge in [-0.2, -0.15) is 5.21 Å². The maximum Gasteiger partial charge on any atom is 0.194 e. The maximum atomic E-state index is 4.05. The van der Waals surface area contributed by atoms with Gasteiger partial charge in [-0.05, 0) is 13.8 Å². The molecule has 0 bridgehead atoms. The van der Waals surface area contributed by atoms with Crippen LogP contribution in [0.15, 0.2) is 0 Å². The van der Waals surface area contributed by atoms with Crippen LogP contribution in [0, 0.1) is 0 Å². The van der Waals surface area contributed by atoms with Crippen molar-refractivity contribution in [2.45, 2.75) is 19.4 Å². The van der Waals surface area contributed by atoms with E-state index in [0.717, 1.165) is 32.0 Å². The van der Waals surface area contributed by atoms with Crippen molar-refractivity contribution in [2.24, 2.45) is 0 Å². The Hall–Kier alpha value is -1.01. The molecule has 1 fully saturated rings. The molecular weight excluding hydrogens is 180 g/mol. The molecule has 14 heavy (non-hydrogen) atoms. The summed E-state index contributed by atoms with van der Waals surface area (Å²) in [5, 5.41) is 17.5. The van der Waals surface area contributed by atoms with E-state index in [2.05, 4.69) is 44.7 Å². The number of hydrogen-bond acceptors (Lipinski definition) is 5. The summed E-state index contributed by atoms with van der Waals surface area (Å²) in [5.74, 6) is 0.763. The summed E-state index contributed by atoms with van der Waals surface area (Å²) in [6.45, 7) is 8.37. The highest BCUT2D eigenvalue weighted by atomic mass is 15.5. The number of nitrogens with zero attached hydrogens (tertiary/aromatic N) is 4. The van der Waals surface area contributed by atoms with Crippen LogP contribution in [0.2, 0.25) is 0 Å². The summed E-state index contributed by atoms with van der Waals surface area (Å²) in [6, 6.07) is 0. The zero-order valence-electron chi connectivity index (χ0n) is 8.62. The molecule has 0 unspecified atom stereocenters. The Balaban J connectivity index is 2.14. The van der Waals surface area contributed by atoms with E-state index in [4.69, 9.17) is 0 Å².